The van der Waals surface area contributed by atoms with E-state index in [-0.39, 0.29) is 11.8 Å². The van der Waals surface area contributed by atoms with Crippen molar-refractivity contribution in [1.29, 1.82) is 0 Å². The number of amides is 2. The van der Waals surface area contributed by atoms with Gasteiger partial charge in [-0.25, -0.2) is 4.90 Å². The Balaban J connectivity index is 1.70. The molecule has 0 N–H and O–H groups in total. The minimum absolute atomic E-state index is 0.356. The minimum atomic E-state index is -0.366. The first-order valence-corrected chi connectivity index (χ1v) is 11.3. The summed E-state index contributed by atoms with van der Waals surface area (Å²) in [6.07, 6.45) is 2.45. The Morgan fingerprint density at radius 3 is 2.47 bits per heavy atom. The summed E-state index contributed by atoms with van der Waals surface area (Å²) in [5, 5.41) is 0. The van der Waals surface area contributed by atoms with Crippen LogP contribution in [0.25, 0.3) is 5.57 Å². The molecule has 1 aliphatic heterocycles. The van der Waals surface area contributed by atoms with Crippen LogP contribution < -0.4 is 14.4 Å². The summed E-state index contributed by atoms with van der Waals surface area (Å²) in [4.78, 5) is 28.5. The topological polar surface area (TPSA) is 69.0 Å². The van der Waals surface area contributed by atoms with E-state index in [1.807, 2.05) is 19.1 Å². The van der Waals surface area contributed by atoms with Crippen LogP contribution in [0.5, 0.6) is 11.5 Å². The number of anilines is 1. The highest BCUT2D eigenvalue weighted by Gasteiger charge is 2.40. The fourth-order valence-electron chi connectivity index (χ4n) is 3.36. The van der Waals surface area contributed by atoms with E-state index in [4.69, 9.17) is 13.9 Å². The molecule has 0 radical (unpaired) electrons. The number of furan rings is 1. The molecule has 2 heterocycles. The Labute approximate surface area is 190 Å². The van der Waals surface area contributed by atoms with E-state index in [1.165, 1.54) is 16.7 Å². The third-order valence-electron chi connectivity index (χ3n) is 4.91. The first kappa shape index (κ1) is 21.8. The monoisotopic (exact) mass is 449 g/mol. The molecular weight excluding hydrogens is 426 g/mol. The summed E-state index contributed by atoms with van der Waals surface area (Å²) in [7, 11) is 1.58. The van der Waals surface area contributed by atoms with Crippen LogP contribution in [0, 0.1) is 0 Å². The lowest BCUT2D eigenvalue weighted by atomic mass is 10.1. The van der Waals surface area contributed by atoms with Crippen molar-refractivity contribution < 1.29 is 23.5 Å². The molecule has 0 spiro atoms. The van der Waals surface area contributed by atoms with Crippen molar-refractivity contribution in [3.63, 3.8) is 0 Å². The van der Waals surface area contributed by atoms with Gasteiger partial charge in [-0.05, 0) is 48.4 Å². The van der Waals surface area contributed by atoms with Gasteiger partial charge in [-0.15, -0.1) is 11.8 Å². The Kier molecular flexibility index (Phi) is 6.66. The maximum atomic E-state index is 13.5. The van der Waals surface area contributed by atoms with Crippen molar-refractivity contribution in [2.75, 3.05) is 18.6 Å². The molecule has 6 nitrogen and oxygen atoms in total. The summed E-state index contributed by atoms with van der Waals surface area (Å²) in [6, 6.07) is 17.8. The fourth-order valence-corrected chi connectivity index (χ4v) is 4.38. The number of thioether (sulfide) groups is 1. The van der Waals surface area contributed by atoms with Crippen LogP contribution in [0.3, 0.4) is 0 Å². The number of ether oxygens (including phenoxy) is 2. The summed E-state index contributed by atoms with van der Waals surface area (Å²) in [5.74, 6) is 1.74. The molecule has 0 atom stereocenters. The molecular formula is C25H23NO5S. The van der Waals surface area contributed by atoms with Crippen LogP contribution >= 0.6 is 11.8 Å². The van der Waals surface area contributed by atoms with Gasteiger partial charge in [0.05, 0.1) is 41.9 Å². The Morgan fingerprint density at radius 1 is 0.969 bits per heavy atom. The van der Waals surface area contributed by atoms with Gasteiger partial charge in [0.1, 0.15) is 17.3 Å². The molecule has 0 saturated carbocycles. The SMILES string of the molecule is CCCOc1cccc(N2C(=O)C(SCc3ccco3)=C(c3ccc(OC)cc3)C2=O)c1. The zero-order valence-electron chi connectivity index (χ0n) is 17.9. The van der Waals surface area contributed by atoms with Crippen LogP contribution in [0.1, 0.15) is 24.7 Å². The van der Waals surface area contributed by atoms with E-state index in [9.17, 15) is 9.59 Å². The van der Waals surface area contributed by atoms with Gasteiger partial charge in [0.25, 0.3) is 11.8 Å². The van der Waals surface area contributed by atoms with Gasteiger partial charge in [0.15, 0.2) is 0 Å². The van der Waals surface area contributed by atoms with Crippen LogP contribution in [-0.4, -0.2) is 25.5 Å². The number of imide groups is 1. The standard InChI is InChI=1S/C25H23NO5S/c1-3-13-30-20-7-4-6-18(15-20)26-24(27)22(17-9-11-19(29-2)12-10-17)23(25(26)28)32-16-21-8-5-14-31-21/h4-12,14-15H,3,13,16H2,1-2H3. The summed E-state index contributed by atoms with van der Waals surface area (Å²) in [5.41, 5.74) is 1.51. The van der Waals surface area contributed by atoms with E-state index in [2.05, 4.69) is 0 Å². The molecule has 1 aromatic heterocycles. The lowest BCUT2D eigenvalue weighted by molar-refractivity contribution is -0.119. The Morgan fingerprint density at radius 2 is 1.78 bits per heavy atom. The number of nitrogens with zero attached hydrogens (tertiary/aromatic N) is 1. The first-order valence-electron chi connectivity index (χ1n) is 10.3. The third-order valence-corrected chi connectivity index (χ3v) is 6.00. The predicted octanol–water partition coefficient (Wildman–Crippen LogP) is 5.29. The first-order chi connectivity index (χ1) is 15.6. The highest BCUT2D eigenvalue weighted by molar-refractivity contribution is 8.03. The van der Waals surface area contributed by atoms with Crippen LogP contribution in [0.15, 0.2) is 76.2 Å². The molecule has 0 bridgehead atoms. The Bertz CT molecular complexity index is 1140. The van der Waals surface area contributed by atoms with Gasteiger partial charge < -0.3 is 13.9 Å². The maximum Gasteiger partial charge on any atom is 0.272 e. The zero-order valence-corrected chi connectivity index (χ0v) is 18.7. The van der Waals surface area contributed by atoms with Crippen molar-refractivity contribution in [2.45, 2.75) is 19.1 Å². The minimum Gasteiger partial charge on any atom is -0.497 e. The van der Waals surface area contributed by atoms with Gasteiger partial charge in [0.2, 0.25) is 0 Å². The van der Waals surface area contributed by atoms with E-state index < -0.39 is 0 Å². The number of hydrogen-bond acceptors (Lipinski definition) is 6. The van der Waals surface area contributed by atoms with Crippen molar-refractivity contribution >= 4 is 34.8 Å². The average Bonchev–Trinajstić information content (AvgIpc) is 3.42. The molecule has 0 fully saturated rings. The van der Waals surface area contributed by atoms with Gasteiger partial charge in [-0.1, -0.05) is 25.1 Å². The molecule has 2 aromatic carbocycles. The number of hydrogen-bond donors (Lipinski definition) is 0. The average molecular weight is 450 g/mol. The molecule has 164 valence electrons. The molecule has 3 aromatic rings. The second-order valence-electron chi connectivity index (χ2n) is 7.09. The molecule has 32 heavy (non-hydrogen) atoms. The predicted molar refractivity (Wildman–Crippen MR) is 125 cm³/mol. The highest BCUT2D eigenvalue weighted by Crippen LogP contribution is 2.40. The number of methoxy groups -OCH3 is 1. The normalized spacial score (nSPS) is 13.8. The smallest absolute Gasteiger partial charge is 0.272 e. The molecule has 0 unspecified atom stereocenters. The second-order valence-corrected chi connectivity index (χ2v) is 8.08. The number of benzene rings is 2. The molecule has 7 heteroatoms. The van der Waals surface area contributed by atoms with Gasteiger partial charge in [-0.3, -0.25) is 9.59 Å². The fraction of sp³-hybridized carbons (Fsp3) is 0.200. The number of rotatable bonds is 9. The van der Waals surface area contributed by atoms with Crippen LogP contribution in [-0.2, 0) is 15.3 Å². The number of carbonyl (C=O) groups excluding carboxylic acids is 2. The van der Waals surface area contributed by atoms with Crippen LogP contribution in [0.2, 0.25) is 0 Å². The van der Waals surface area contributed by atoms with E-state index in [1.54, 1.807) is 61.9 Å². The summed E-state index contributed by atoms with van der Waals surface area (Å²) in [6.45, 7) is 2.58. The highest BCUT2D eigenvalue weighted by atomic mass is 32.2. The maximum absolute atomic E-state index is 13.5. The van der Waals surface area contributed by atoms with Gasteiger partial charge in [0, 0.05) is 6.07 Å². The Hall–Kier alpha value is -3.45. The quantitative estimate of drug-likeness (QED) is 0.413. The van der Waals surface area contributed by atoms with Crippen molar-refractivity contribution in [2.24, 2.45) is 0 Å². The second kappa shape index (κ2) is 9.78. The molecule has 2 amide bonds. The molecule has 4 rings (SSSR count). The van der Waals surface area contributed by atoms with Crippen molar-refractivity contribution in [3.05, 3.63) is 83.2 Å². The van der Waals surface area contributed by atoms with Crippen molar-refractivity contribution in [3.8, 4) is 11.5 Å². The molecule has 0 saturated heterocycles. The number of carbonyl (C=O) groups is 2. The molecule has 1 aliphatic rings. The zero-order chi connectivity index (χ0) is 22.5. The van der Waals surface area contributed by atoms with Gasteiger partial charge in [-0.2, -0.15) is 0 Å². The third kappa shape index (κ3) is 4.43. The summed E-state index contributed by atoms with van der Waals surface area (Å²) < 4.78 is 16.3. The van der Waals surface area contributed by atoms with E-state index >= 15 is 0 Å². The lowest BCUT2D eigenvalue weighted by Crippen LogP contribution is -2.31. The van der Waals surface area contributed by atoms with Gasteiger partial charge >= 0.3 is 0 Å². The van der Waals surface area contributed by atoms with E-state index in [0.717, 1.165) is 12.2 Å². The van der Waals surface area contributed by atoms with E-state index in [0.29, 0.717) is 45.6 Å². The van der Waals surface area contributed by atoms with Crippen molar-refractivity contribution in [1.82, 2.24) is 0 Å². The largest absolute Gasteiger partial charge is 0.497 e. The lowest BCUT2D eigenvalue weighted by Gasteiger charge is -2.16. The summed E-state index contributed by atoms with van der Waals surface area (Å²) >= 11 is 1.29. The molecule has 0 aliphatic carbocycles. The van der Waals surface area contributed by atoms with Crippen LogP contribution in [0.4, 0.5) is 5.69 Å².